The number of benzene rings is 1. The summed E-state index contributed by atoms with van der Waals surface area (Å²) in [6.07, 6.45) is 0. The Morgan fingerprint density at radius 2 is 2.15 bits per heavy atom. The summed E-state index contributed by atoms with van der Waals surface area (Å²) < 4.78 is 4.40. The Hall–Kier alpha value is -2.15. The van der Waals surface area contributed by atoms with Gasteiger partial charge < -0.3 is 10.1 Å². The van der Waals surface area contributed by atoms with E-state index in [1.165, 1.54) is 25.3 Å². The van der Waals surface area contributed by atoms with Gasteiger partial charge in [-0.2, -0.15) is 0 Å². The lowest BCUT2D eigenvalue weighted by Crippen LogP contribution is -2.34. The first kappa shape index (κ1) is 15.9. The molecular weight excluding hydrogens is 288 g/mol. The van der Waals surface area contributed by atoms with Crippen LogP contribution >= 0.6 is 11.6 Å². The molecule has 0 spiro atoms. The topological polar surface area (TPSA) is 98.5 Å². The first-order chi connectivity index (χ1) is 9.36. The smallest absolute Gasteiger partial charge is 0.325 e. The van der Waals surface area contributed by atoms with Gasteiger partial charge in [-0.05, 0) is 13.0 Å². The highest BCUT2D eigenvalue weighted by Gasteiger charge is 2.19. The van der Waals surface area contributed by atoms with Gasteiger partial charge in [-0.3, -0.25) is 19.7 Å². The number of rotatable bonds is 5. The van der Waals surface area contributed by atoms with Crippen molar-refractivity contribution in [3.8, 4) is 0 Å². The van der Waals surface area contributed by atoms with Gasteiger partial charge in [0.25, 0.3) is 11.6 Å². The zero-order valence-electron chi connectivity index (χ0n) is 10.9. The summed E-state index contributed by atoms with van der Waals surface area (Å²) in [6, 6.07) is 4.11. The SMILES string of the molecule is COC(=O)C(Cl)CNC(=O)c1ccc(C)c([N+](=O)[O-])c1. The molecular formula is C12H13ClN2O5. The highest BCUT2D eigenvalue weighted by Crippen LogP contribution is 2.19. The second-order valence-electron chi connectivity index (χ2n) is 3.96. The minimum atomic E-state index is -1.01. The molecule has 0 aliphatic heterocycles. The fraction of sp³-hybridized carbons (Fsp3) is 0.333. The van der Waals surface area contributed by atoms with E-state index in [9.17, 15) is 19.7 Å². The molecule has 1 unspecified atom stereocenters. The minimum Gasteiger partial charge on any atom is -0.468 e. The Morgan fingerprint density at radius 3 is 2.70 bits per heavy atom. The number of aryl methyl sites for hydroxylation is 1. The molecule has 0 heterocycles. The molecule has 0 bridgehead atoms. The lowest BCUT2D eigenvalue weighted by atomic mass is 10.1. The summed E-state index contributed by atoms with van der Waals surface area (Å²) in [5.41, 5.74) is 0.431. The van der Waals surface area contributed by atoms with Crippen LogP contribution in [0.25, 0.3) is 0 Å². The van der Waals surface area contributed by atoms with Crippen molar-refractivity contribution >= 4 is 29.2 Å². The van der Waals surface area contributed by atoms with Gasteiger partial charge in [-0.1, -0.05) is 6.07 Å². The van der Waals surface area contributed by atoms with Gasteiger partial charge in [-0.25, -0.2) is 0 Å². The van der Waals surface area contributed by atoms with Crippen molar-refractivity contribution in [2.24, 2.45) is 0 Å². The predicted molar refractivity (Wildman–Crippen MR) is 71.8 cm³/mol. The van der Waals surface area contributed by atoms with E-state index < -0.39 is 22.2 Å². The Bertz CT molecular complexity index is 547. The number of hydrogen-bond acceptors (Lipinski definition) is 5. The number of carbonyl (C=O) groups excluding carboxylic acids is 2. The number of esters is 1. The molecule has 0 saturated heterocycles. The number of nitro groups is 1. The van der Waals surface area contributed by atoms with E-state index in [0.717, 1.165) is 0 Å². The normalized spacial score (nSPS) is 11.6. The van der Waals surface area contributed by atoms with Gasteiger partial charge >= 0.3 is 5.97 Å². The first-order valence-electron chi connectivity index (χ1n) is 5.62. The first-order valence-corrected chi connectivity index (χ1v) is 6.05. The van der Waals surface area contributed by atoms with Crippen LogP contribution in [0, 0.1) is 17.0 Å². The van der Waals surface area contributed by atoms with E-state index in [4.69, 9.17) is 11.6 Å². The second kappa shape index (κ2) is 6.85. The van der Waals surface area contributed by atoms with Crippen LogP contribution in [-0.4, -0.2) is 35.8 Å². The molecule has 0 aliphatic carbocycles. The number of amides is 1. The third-order valence-corrected chi connectivity index (χ3v) is 2.90. The third kappa shape index (κ3) is 3.92. The quantitative estimate of drug-likeness (QED) is 0.384. The zero-order chi connectivity index (χ0) is 15.3. The number of alkyl halides is 1. The molecule has 1 aromatic carbocycles. The van der Waals surface area contributed by atoms with E-state index >= 15 is 0 Å². The molecule has 1 rings (SSSR count). The summed E-state index contributed by atoms with van der Waals surface area (Å²) in [5, 5.41) is 12.2. The molecule has 1 amide bonds. The Labute approximate surface area is 120 Å². The molecule has 0 saturated carbocycles. The Morgan fingerprint density at radius 1 is 1.50 bits per heavy atom. The minimum absolute atomic E-state index is 0.121. The van der Waals surface area contributed by atoms with Crippen LogP contribution in [0.15, 0.2) is 18.2 Å². The average Bonchev–Trinajstić information content (AvgIpc) is 2.43. The van der Waals surface area contributed by atoms with E-state index in [1.54, 1.807) is 6.92 Å². The number of hydrogen-bond donors (Lipinski definition) is 1. The maximum atomic E-state index is 11.8. The van der Waals surface area contributed by atoms with Crippen molar-refractivity contribution in [1.82, 2.24) is 5.32 Å². The monoisotopic (exact) mass is 300 g/mol. The van der Waals surface area contributed by atoms with Crippen LogP contribution in [0.4, 0.5) is 5.69 Å². The van der Waals surface area contributed by atoms with Crippen LogP contribution in [0.5, 0.6) is 0 Å². The van der Waals surface area contributed by atoms with Crippen molar-refractivity contribution in [2.45, 2.75) is 12.3 Å². The van der Waals surface area contributed by atoms with Crippen LogP contribution in [0.2, 0.25) is 0 Å². The summed E-state index contributed by atoms with van der Waals surface area (Å²) in [6.45, 7) is 1.45. The number of halogens is 1. The van der Waals surface area contributed by atoms with Crippen molar-refractivity contribution in [2.75, 3.05) is 13.7 Å². The van der Waals surface area contributed by atoms with Gasteiger partial charge in [0.15, 0.2) is 0 Å². The van der Waals surface area contributed by atoms with Crippen molar-refractivity contribution in [3.63, 3.8) is 0 Å². The lowest BCUT2D eigenvalue weighted by Gasteiger charge is -2.09. The summed E-state index contributed by atoms with van der Waals surface area (Å²) in [7, 11) is 1.18. The summed E-state index contributed by atoms with van der Waals surface area (Å²) in [5.74, 6) is -1.22. The van der Waals surface area contributed by atoms with Crippen LogP contribution < -0.4 is 5.32 Å². The average molecular weight is 301 g/mol. The molecule has 1 N–H and O–H groups in total. The number of nitro benzene ring substituents is 1. The molecule has 108 valence electrons. The fourth-order valence-corrected chi connectivity index (χ4v) is 1.61. The summed E-state index contributed by atoms with van der Waals surface area (Å²) >= 11 is 5.67. The number of ether oxygens (including phenoxy) is 1. The number of nitrogens with one attached hydrogen (secondary N) is 1. The van der Waals surface area contributed by atoms with Crippen molar-refractivity contribution in [3.05, 3.63) is 39.4 Å². The lowest BCUT2D eigenvalue weighted by molar-refractivity contribution is -0.385. The molecule has 8 heteroatoms. The van der Waals surface area contributed by atoms with Crippen molar-refractivity contribution < 1.29 is 19.2 Å². The molecule has 1 atom stereocenters. The fourth-order valence-electron chi connectivity index (χ4n) is 1.44. The summed E-state index contributed by atoms with van der Waals surface area (Å²) in [4.78, 5) is 33.1. The Balaban J connectivity index is 2.76. The molecule has 0 aliphatic rings. The highest BCUT2D eigenvalue weighted by atomic mass is 35.5. The second-order valence-corrected chi connectivity index (χ2v) is 4.49. The maximum Gasteiger partial charge on any atom is 0.325 e. The Kier molecular flexibility index (Phi) is 5.45. The zero-order valence-corrected chi connectivity index (χ0v) is 11.6. The maximum absolute atomic E-state index is 11.8. The van der Waals surface area contributed by atoms with Gasteiger partial charge in [0, 0.05) is 23.7 Å². The molecule has 0 radical (unpaired) electrons. The highest BCUT2D eigenvalue weighted by molar-refractivity contribution is 6.30. The van der Waals surface area contributed by atoms with Gasteiger partial charge in [0.1, 0.15) is 5.38 Å². The van der Waals surface area contributed by atoms with Gasteiger partial charge in [0.2, 0.25) is 0 Å². The van der Waals surface area contributed by atoms with Crippen LogP contribution in [-0.2, 0) is 9.53 Å². The third-order valence-electron chi connectivity index (χ3n) is 2.57. The van der Waals surface area contributed by atoms with E-state index in [1.807, 2.05) is 0 Å². The molecule has 0 aromatic heterocycles. The molecule has 0 fully saturated rings. The van der Waals surface area contributed by atoms with Crippen molar-refractivity contribution in [1.29, 1.82) is 0 Å². The van der Waals surface area contributed by atoms with E-state index in [-0.39, 0.29) is 17.8 Å². The van der Waals surface area contributed by atoms with Crippen LogP contribution in [0.1, 0.15) is 15.9 Å². The standard InChI is InChI=1S/C12H13ClN2O5/c1-7-3-4-8(5-10(7)15(18)19)11(16)14-6-9(13)12(17)20-2/h3-5,9H,6H2,1-2H3,(H,14,16). The molecule has 1 aromatic rings. The van der Waals surface area contributed by atoms with Gasteiger partial charge in [-0.15, -0.1) is 11.6 Å². The number of carbonyl (C=O) groups is 2. The predicted octanol–water partition coefficient (Wildman–Crippen LogP) is 1.41. The van der Waals surface area contributed by atoms with E-state index in [0.29, 0.717) is 5.56 Å². The number of methoxy groups -OCH3 is 1. The van der Waals surface area contributed by atoms with Crippen LogP contribution in [0.3, 0.4) is 0 Å². The molecule has 20 heavy (non-hydrogen) atoms. The largest absolute Gasteiger partial charge is 0.468 e. The van der Waals surface area contributed by atoms with Gasteiger partial charge in [0.05, 0.1) is 12.0 Å². The van der Waals surface area contributed by atoms with E-state index in [2.05, 4.69) is 10.1 Å². The molecule has 7 nitrogen and oxygen atoms in total. The number of nitrogens with zero attached hydrogens (tertiary/aromatic N) is 1.